The summed E-state index contributed by atoms with van der Waals surface area (Å²) < 4.78 is 0. The first-order chi connectivity index (χ1) is 18.0. The van der Waals surface area contributed by atoms with Gasteiger partial charge in [-0.3, -0.25) is 9.69 Å². The molecule has 1 aromatic carbocycles. The molecule has 2 aromatic heterocycles. The molecule has 3 fully saturated rings. The summed E-state index contributed by atoms with van der Waals surface area (Å²) in [5, 5.41) is 5.30. The maximum Gasteiger partial charge on any atom is 0.245 e. The van der Waals surface area contributed by atoms with Gasteiger partial charge in [-0.1, -0.05) is 36.4 Å². The Labute approximate surface area is 223 Å². The number of aromatic nitrogens is 3. The lowest BCUT2D eigenvalue weighted by Gasteiger charge is -2.41. The number of benzene rings is 1. The summed E-state index contributed by atoms with van der Waals surface area (Å²) in [6.45, 7) is 7.69. The Bertz CT molecular complexity index is 1300. The van der Waals surface area contributed by atoms with Crippen LogP contribution in [0, 0.1) is 5.41 Å². The third-order valence-electron chi connectivity index (χ3n) is 8.86. The summed E-state index contributed by atoms with van der Waals surface area (Å²) >= 11 is 6.55. The minimum atomic E-state index is 0.0724. The zero-order valence-electron chi connectivity index (χ0n) is 21.3. The second kappa shape index (κ2) is 10.1. The molecule has 2 saturated heterocycles. The molecule has 194 valence electrons. The van der Waals surface area contributed by atoms with Crippen molar-refractivity contribution in [1.29, 1.82) is 0 Å². The molecule has 2 atom stereocenters. The number of anilines is 1. The molecule has 1 saturated carbocycles. The van der Waals surface area contributed by atoms with Gasteiger partial charge in [-0.2, -0.15) is 0 Å². The van der Waals surface area contributed by atoms with E-state index in [4.69, 9.17) is 16.6 Å². The number of rotatable bonds is 5. The lowest BCUT2D eigenvalue weighted by molar-refractivity contribution is -0.128. The molecule has 0 bridgehead atoms. The summed E-state index contributed by atoms with van der Waals surface area (Å²) in [6.07, 6.45) is 13.3. The van der Waals surface area contributed by atoms with Gasteiger partial charge in [0.1, 0.15) is 0 Å². The number of carbonyl (C=O) groups is 1. The van der Waals surface area contributed by atoms with Gasteiger partial charge in [0.25, 0.3) is 0 Å². The van der Waals surface area contributed by atoms with E-state index in [2.05, 4.69) is 38.9 Å². The number of nitrogens with one attached hydrogen (secondary N) is 2. The highest BCUT2D eigenvalue weighted by Gasteiger charge is 2.43. The highest BCUT2D eigenvalue weighted by atomic mass is 35.5. The lowest BCUT2D eigenvalue weighted by atomic mass is 9.77. The predicted molar refractivity (Wildman–Crippen MR) is 149 cm³/mol. The number of hydrogen-bond acceptors (Lipinski definition) is 5. The van der Waals surface area contributed by atoms with Gasteiger partial charge in [0.15, 0.2) is 0 Å². The molecule has 1 aliphatic carbocycles. The van der Waals surface area contributed by atoms with Crippen molar-refractivity contribution in [3.8, 4) is 11.3 Å². The molecule has 0 radical (unpaired) electrons. The molecule has 2 aliphatic heterocycles. The number of amides is 1. The molecule has 6 rings (SSSR count). The van der Waals surface area contributed by atoms with Crippen molar-refractivity contribution >= 4 is 34.4 Å². The summed E-state index contributed by atoms with van der Waals surface area (Å²) in [5.74, 6) is 0.718. The van der Waals surface area contributed by atoms with Gasteiger partial charge in [-0.15, -0.1) is 0 Å². The van der Waals surface area contributed by atoms with Crippen molar-refractivity contribution in [3.05, 3.63) is 54.3 Å². The first kappa shape index (κ1) is 24.4. The van der Waals surface area contributed by atoms with Crippen molar-refractivity contribution in [2.75, 3.05) is 31.5 Å². The number of H-pyrrole nitrogens is 1. The van der Waals surface area contributed by atoms with Gasteiger partial charge in [0.05, 0.1) is 16.9 Å². The Morgan fingerprint density at radius 3 is 2.84 bits per heavy atom. The molecular weight excluding hydrogens is 484 g/mol. The Hall–Kier alpha value is -2.90. The number of piperidine rings is 1. The minimum absolute atomic E-state index is 0.0724. The summed E-state index contributed by atoms with van der Waals surface area (Å²) in [7, 11) is 0. The Morgan fingerprint density at radius 1 is 1.19 bits per heavy atom. The number of nitrogens with zero attached hydrogens (tertiary/aromatic N) is 4. The molecule has 8 heteroatoms. The molecule has 4 heterocycles. The van der Waals surface area contributed by atoms with Crippen LogP contribution in [-0.4, -0.2) is 68.9 Å². The second-order valence-corrected chi connectivity index (χ2v) is 11.5. The first-order valence-electron chi connectivity index (χ1n) is 13.5. The van der Waals surface area contributed by atoms with Crippen LogP contribution in [0.25, 0.3) is 22.2 Å². The lowest BCUT2D eigenvalue weighted by Crippen LogP contribution is -2.46. The van der Waals surface area contributed by atoms with E-state index in [-0.39, 0.29) is 5.91 Å². The van der Waals surface area contributed by atoms with E-state index >= 15 is 0 Å². The van der Waals surface area contributed by atoms with Gasteiger partial charge in [-0.05, 0) is 69.0 Å². The second-order valence-electron chi connectivity index (χ2n) is 11.0. The maximum atomic E-state index is 12.0. The third-order valence-corrected chi connectivity index (χ3v) is 9.14. The van der Waals surface area contributed by atoms with Crippen LogP contribution in [0.15, 0.2) is 49.3 Å². The van der Waals surface area contributed by atoms with Crippen LogP contribution in [0.5, 0.6) is 0 Å². The molecule has 0 unspecified atom stereocenters. The quantitative estimate of drug-likeness (QED) is 0.436. The van der Waals surface area contributed by atoms with Crippen molar-refractivity contribution in [2.45, 2.75) is 57.0 Å². The van der Waals surface area contributed by atoms with Crippen LogP contribution >= 0.6 is 11.6 Å². The zero-order valence-corrected chi connectivity index (χ0v) is 22.0. The fraction of sp³-hybridized carbons (Fsp3) is 0.483. The Kier molecular flexibility index (Phi) is 6.67. The van der Waals surface area contributed by atoms with Crippen molar-refractivity contribution in [1.82, 2.24) is 24.8 Å². The van der Waals surface area contributed by atoms with Crippen LogP contribution in [0.4, 0.5) is 5.95 Å². The highest BCUT2D eigenvalue weighted by Crippen LogP contribution is 2.42. The normalized spacial score (nSPS) is 24.0. The summed E-state index contributed by atoms with van der Waals surface area (Å²) in [4.78, 5) is 29.4. The Morgan fingerprint density at radius 2 is 2.00 bits per heavy atom. The smallest absolute Gasteiger partial charge is 0.245 e. The van der Waals surface area contributed by atoms with Crippen LogP contribution < -0.4 is 5.32 Å². The monoisotopic (exact) mass is 518 g/mol. The SMILES string of the molecule is C=CC(=O)N1CCC2(CC1)CCN([C@H]1CCC[C@@H](Nc3ncc(Cl)c(-c4c[nH]c5ccccc45)n3)C1)C2. The van der Waals surface area contributed by atoms with Crippen LogP contribution in [-0.2, 0) is 4.79 Å². The van der Waals surface area contributed by atoms with Crippen molar-refractivity contribution in [3.63, 3.8) is 0 Å². The fourth-order valence-electron chi connectivity index (χ4n) is 6.72. The standard InChI is InChI=1S/C29H35ClN6O/c1-2-26(37)35-13-10-29(11-14-35)12-15-36(19-29)21-7-5-6-20(16-21)33-28-32-18-24(30)27(34-28)23-17-31-25-9-4-3-8-22(23)25/h2-4,8-9,17-18,20-21,31H,1,5-7,10-16,19H2,(H,32,33,34)/t20-,21+/m1/s1. The van der Waals surface area contributed by atoms with Gasteiger partial charge in [0, 0.05) is 54.4 Å². The van der Waals surface area contributed by atoms with E-state index in [0.717, 1.165) is 74.0 Å². The summed E-state index contributed by atoms with van der Waals surface area (Å²) in [5.41, 5.74) is 3.19. The van der Waals surface area contributed by atoms with Gasteiger partial charge < -0.3 is 15.2 Å². The molecule has 37 heavy (non-hydrogen) atoms. The topological polar surface area (TPSA) is 77.2 Å². The number of likely N-dealkylation sites (tertiary alicyclic amines) is 2. The molecule has 3 aromatic rings. The average Bonchev–Trinajstić information content (AvgIpc) is 3.55. The average molecular weight is 519 g/mol. The first-order valence-corrected chi connectivity index (χ1v) is 13.9. The fourth-order valence-corrected chi connectivity index (χ4v) is 6.92. The molecule has 1 amide bonds. The van der Waals surface area contributed by atoms with Gasteiger partial charge >= 0.3 is 0 Å². The largest absolute Gasteiger partial charge is 0.360 e. The zero-order chi connectivity index (χ0) is 25.4. The van der Waals surface area contributed by atoms with E-state index in [1.54, 1.807) is 6.20 Å². The number of fused-ring (bicyclic) bond motifs is 1. The molecule has 3 aliphatic rings. The van der Waals surface area contributed by atoms with E-state index in [1.165, 1.54) is 25.3 Å². The number of aromatic amines is 1. The molecular formula is C29H35ClN6O. The predicted octanol–water partition coefficient (Wildman–Crippen LogP) is 5.50. The van der Waals surface area contributed by atoms with Crippen molar-refractivity contribution < 1.29 is 4.79 Å². The van der Waals surface area contributed by atoms with E-state index in [0.29, 0.717) is 28.5 Å². The number of carbonyl (C=O) groups excluding carboxylic acids is 1. The van der Waals surface area contributed by atoms with Gasteiger partial charge in [-0.25, -0.2) is 9.97 Å². The van der Waals surface area contributed by atoms with Gasteiger partial charge in [0.2, 0.25) is 11.9 Å². The molecule has 1 spiro atoms. The highest BCUT2D eigenvalue weighted by molar-refractivity contribution is 6.33. The van der Waals surface area contributed by atoms with E-state index < -0.39 is 0 Å². The number of para-hydroxylation sites is 1. The number of halogens is 1. The molecule has 7 nitrogen and oxygen atoms in total. The molecule has 2 N–H and O–H groups in total. The Balaban J connectivity index is 1.11. The van der Waals surface area contributed by atoms with E-state index in [1.807, 2.05) is 23.2 Å². The minimum Gasteiger partial charge on any atom is -0.360 e. The summed E-state index contributed by atoms with van der Waals surface area (Å²) in [6, 6.07) is 9.12. The van der Waals surface area contributed by atoms with Crippen LogP contribution in [0.1, 0.15) is 44.9 Å². The van der Waals surface area contributed by atoms with E-state index in [9.17, 15) is 4.79 Å². The van der Waals surface area contributed by atoms with Crippen LogP contribution in [0.3, 0.4) is 0 Å². The van der Waals surface area contributed by atoms with Crippen molar-refractivity contribution in [2.24, 2.45) is 5.41 Å². The third kappa shape index (κ3) is 4.87. The maximum absolute atomic E-state index is 12.0. The number of hydrogen-bond donors (Lipinski definition) is 2. The van der Waals surface area contributed by atoms with Crippen LogP contribution in [0.2, 0.25) is 5.02 Å².